The van der Waals surface area contributed by atoms with Crippen LogP contribution in [-0.2, 0) is 20.9 Å². The summed E-state index contributed by atoms with van der Waals surface area (Å²) >= 11 is 0. The zero-order valence-electron chi connectivity index (χ0n) is 17.6. The topological polar surface area (TPSA) is 69.7 Å². The van der Waals surface area contributed by atoms with E-state index in [0.29, 0.717) is 31.6 Å². The molecule has 1 atom stereocenters. The fourth-order valence-electron chi connectivity index (χ4n) is 4.95. The van der Waals surface area contributed by atoms with Gasteiger partial charge in [0.15, 0.2) is 0 Å². The second kappa shape index (κ2) is 9.45. The molecule has 3 aliphatic rings. The van der Waals surface area contributed by atoms with Gasteiger partial charge in [-0.3, -0.25) is 14.4 Å². The number of benzene rings is 1. The molecule has 0 aromatic heterocycles. The molecule has 2 heterocycles. The Morgan fingerprint density at radius 3 is 2.67 bits per heavy atom. The lowest BCUT2D eigenvalue weighted by Gasteiger charge is -2.30. The van der Waals surface area contributed by atoms with E-state index in [1.54, 1.807) is 0 Å². The molecule has 1 saturated carbocycles. The van der Waals surface area contributed by atoms with Crippen LogP contribution in [0.2, 0.25) is 0 Å². The number of nitrogens with zero attached hydrogens (tertiary/aromatic N) is 2. The number of amides is 3. The Kier molecular flexibility index (Phi) is 6.50. The Balaban J connectivity index is 1.33. The van der Waals surface area contributed by atoms with E-state index in [1.165, 1.54) is 5.57 Å². The molecule has 4 rings (SSSR count). The highest BCUT2D eigenvalue weighted by Gasteiger charge is 2.40. The number of hydrogen-bond donors (Lipinski definition) is 1. The maximum absolute atomic E-state index is 13.2. The van der Waals surface area contributed by atoms with Gasteiger partial charge in [0.05, 0.1) is 12.5 Å². The van der Waals surface area contributed by atoms with Crippen LogP contribution in [0, 0.1) is 0 Å². The van der Waals surface area contributed by atoms with E-state index >= 15 is 0 Å². The molecule has 1 saturated heterocycles. The molecule has 0 radical (unpaired) electrons. The summed E-state index contributed by atoms with van der Waals surface area (Å²) in [6, 6.07) is 10.2. The average molecular weight is 410 g/mol. The highest BCUT2D eigenvalue weighted by atomic mass is 16.2. The van der Waals surface area contributed by atoms with Crippen LogP contribution in [0.1, 0.15) is 56.9 Å². The Hall–Kier alpha value is -2.63. The third-order valence-electron chi connectivity index (χ3n) is 6.49. The van der Waals surface area contributed by atoms with Crippen LogP contribution in [0.4, 0.5) is 0 Å². The molecule has 1 aromatic rings. The fraction of sp³-hybridized carbons (Fsp3) is 0.542. The first-order chi connectivity index (χ1) is 14.6. The molecular formula is C24H31N3O3. The zero-order chi connectivity index (χ0) is 20.9. The van der Waals surface area contributed by atoms with E-state index in [0.717, 1.165) is 50.6 Å². The predicted octanol–water partition coefficient (Wildman–Crippen LogP) is 2.79. The predicted molar refractivity (Wildman–Crippen MR) is 114 cm³/mol. The lowest BCUT2D eigenvalue weighted by molar-refractivity contribution is -0.129. The summed E-state index contributed by atoms with van der Waals surface area (Å²) < 4.78 is 0. The van der Waals surface area contributed by atoms with Gasteiger partial charge in [-0.15, -0.1) is 0 Å². The molecule has 2 aliphatic heterocycles. The molecule has 6 heteroatoms. The third-order valence-corrected chi connectivity index (χ3v) is 6.49. The number of nitrogens with one attached hydrogen (secondary N) is 1. The Labute approximate surface area is 178 Å². The van der Waals surface area contributed by atoms with Gasteiger partial charge in [-0.05, 0) is 43.2 Å². The fourth-order valence-corrected chi connectivity index (χ4v) is 4.95. The minimum atomic E-state index is -0.0931. The second-order valence-electron chi connectivity index (χ2n) is 8.55. The summed E-state index contributed by atoms with van der Waals surface area (Å²) in [5, 5.41) is 2.95. The number of likely N-dealkylation sites (tertiary alicyclic amines) is 1. The van der Waals surface area contributed by atoms with E-state index in [9.17, 15) is 14.4 Å². The molecule has 1 unspecified atom stereocenters. The molecule has 6 nitrogen and oxygen atoms in total. The van der Waals surface area contributed by atoms with E-state index in [1.807, 2.05) is 40.1 Å². The maximum atomic E-state index is 13.2. The smallest absolute Gasteiger partial charge is 0.251 e. The lowest BCUT2D eigenvalue weighted by Crippen LogP contribution is -2.36. The summed E-state index contributed by atoms with van der Waals surface area (Å²) in [6.07, 6.45) is 6.62. The van der Waals surface area contributed by atoms with Gasteiger partial charge in [-0.2, -0.15) is 0 Å². The number of carbonyl (C=O) groups excluding carboxylic acids is 3. The highest BCUT2D eigenvalue weighted by Crippen LogP contribution is 2.38. The minimum absolute atomic E-state index is 0.0265. The van der Waals surface area contributed by atoms with Gasteiger partial charge < -0.3 is 15.1 Å². The maximum Gasteiger partial charge on any atom is 0.251 e. The summed E-state index contributed by atoms with van der Waals surface area (Å²) in [5.74, 6) is 0.148. The van der Waals surface area contributed by atoms with Gasteiger partial charge >= 0.3 is 0 Å². The molecule has 1 aliphatic carbocycles. The third kappa shape index (κ3) is 4.58. The van der Waals surface area contributed by atoms with Crippen molar-refractivity contribution in [2.24, 2.45) is 0 Å². The van der Waals surface area contributed by atoms with Gasteiger partial charge in [-0.25, -0.2) is 0 Å². The van der Waals surface area contributed by atoms with Crippen LogP contribution in [0.5, 0.6) is 0 Å². The normalized spacial score (nSPS) is 21.4. The van der Waals surface area contributed by atoms with Crippen molar-refractivity contribution < 1.29 is 14.4 Å². The molecule has 0 spiro atoms. The molecule has 1 aromatic carbocycles. The SMILES string of the molecule is O=C(CC1=C2CCCCC2N(Cc2ccccc2)C1=O)NCCCN1CCCC1=O. The van der Waals surface area contributed by atoms with Crippen molar-refractivity contribution in [3.8, 4) is 0 Å². The van der Waals surface area contributed by atoms with Crippen molar-refractivity contribution in [2.45, 2.75) is 64.0 Å². The number of fused-ring (bicyclic) bond motifs is 1. The molecule has 3 amide bonds. The van der Waals surface area contributed by atoms with Gasteiger partial charge in [0.2, 0.25) is 11.8 Å². The first-order valence-corrected chi connectivity index (χ1v) is 11.2. The molecule has 160 valence electrons. The summed E-state index contributed by atoms with van der Waals surface area (Å²) in [5.41, 5.74) is 3.01. The van der Waals surface area contributed by atoms with Crippen LogP contribution < -0.4 is 5.32 Å². The molecule has 30 heavy (non-hydrogen) atoms. The van der Waals surface area contributed by atoms with Gasteiger partial charge in [0.25, 0.3) is 5.91 Å². The van der Waals surface area contributed by atoms with E-state index in [4.69, 9.17) is 0 Å². The van der Waals surface area contributed by atoms with Crippen molar-refractivity contribution in [2.75, 3.05) is 19.6 Å². The Morgan fingerprint density at radius 2 is 1.90 bits per heavy atom. The number of rotatable bonds is 8. The second-order valence-corrected chi connectivity index (χ2v) is 8.55. The highest BCUT2D eigenvalue weighted by molar-refractivity contribution is 6.02. The first-order valence-electron chi connectivity index (χ1n) is 11.2. The lowest BCUT2D eigenvalue weighted by atomic mass is 9.88. The minimum Gasteiger partial charge on any atom is -0.356 e. The van der Waals surface area contributed by atoms with Crippen LogP contribution in [0.3, 0.4) is 0 Å². The van der Waals surface area contributed by atoms with Crippen LogP contribution in [-0.4, -0.2) is 53.2 Å². The molecule has 1 N–H and O–H groups in total. The van der Waals surface area contributed by atoms with Crippen LogP contribution in [0.15, 0.2) is 41.5 Å². The average Bonchev–Trinajstić information content (AvgIpc) is 3.28. The van der Waals surface area contributed by atoms with Gasteiger partial charge in [0.1, 0.15) is 0 Å². The zero-order valence-corrected chi connectivity index (χ0v) is 17.6. The van der Waals surface area contributed by atoms with Crippen molar-refractivity contribution in [1.82, 2.24) is 15.1 Å². The summed E-state index contributed by atoms with van der Waals surface area (Å²) in [6.45, 7) is 2.66. The molecule has 2 fully saturated rings. The van der Waals surface area contributed by atoms with Crippen molar-refractivity contribution >= 4 is 17.7 Å². The monoisotopic (exact) mass is 409 g/mol. The summed E-state index contributed by atoms with van der Waals surface area (Å²) in [7, 11) is 0. The quantitative estimate of drug-likeness (QED) is 0.671. The van der Waals surface area contributed by atoms with Gasteiger partial charge in [-0.1, -0.05) is 36.8 Å². The van der Waals surface area contributed by atoms with E-state index < -0.39 is 0 Å². The largest absolute Gasteiger partial charge is 0.356 e. The summed E-state index contributed by atoms with van der Waals surface area (Å²) in [4.78, 5) is 41.2. The van der Waals surface area contributed by atoms with Gasteiger partial charge in [0, 0.05) is 38.2 Å². The van der Waals surface area contributed by atoms with Crippen molar-refractivity contribution in [1.29, 1.82) is 0 Å². The Bertz CT molecular complexity index is 833. The van der Waals surface area contributed by atoms with Crippen LogP contribution >= 0.6 is 0 Å². The van der Waals surface area contributed by atoms with Crippen molar-refractivity contribution in [3.63, 3.8) is 0 Å². The standard InChI is InChI=1S/C24H31N3O3/c28-22(25-13-7-15-26-14-6-12-23(26)29)16-20-19-10-4-5-11-21(19)27(24(20)30)17-18-8-2-1-3-9-18/h1-3,8-9,21H,4-7,10-17H2,(H,25,28). The molecular weight excluding hydrogens is 378 g/mol. The number of carbonyl (C=O) groups is 3. The van der Waals surface area contributed by atoms with E-state index in [-0.39, 0.29) is 30.2 Å². The van der Waals surface area contributed by atoms with Crippen LogP contribution in [0.25, 0.3) is 0 Å². The number of hydrogen-bond acceptors (Lipinski definition) is 3. The molecule has 0 bridgehead atoms. The van der Waals surface area contributed by atoms with Crippen molar-refractivity contribution in [3.05, 3.63) is 47.0 Å². The van der Waals surface area contributed by atoms with E-state index in [2.05, 4.69) is 5.32 Å². The Morgan fingerprint density at radius 1 is 1.07 bits per heavy atom. The first kappa shape index (κ1) is 20.6.